The van der Waals surface area contributed by atoms with Crippen LogP contribution in [0, 0.1) is 0 Å². The summed E-state index contributed by atoms with van der Waals surface area (Å²) in [5, 5.41) is 4.90. The molecule has 0 aromatic heterocycles. The van der Waals surface area contributed by atoms with Crippen LogP contribution in [0.3, 0.4) is 0 Å². The second-order valence-corrected chi connectivity index (χ2v) is 15.7. The van der Waals surface area contributed by atoms with E-state index in [1.807, 2.05) is 86.6 Å². The van der Waals surface area contributed by atoms with Crippen molar-refractivity contribution in [2.75, 3.05) is 26.9 Å². The third kappa shape index (κ3) is 12.4. The average molecular weight is 679 g/mol. The Morgan fingerprint density at radius 3 is 2.08 bits per heavy atom. The lowest BCUT2D eigenvalue weighted by atomic mass is 9.98. The Labute approximate surface area is 285 Å². The highest BCUT2D eigenvalue weighted by Gasteiger charge is 2.32. The van der Waals surface area contributed by atoms with Gasteiger partial charge in [-0.1, -0.05) is 78.9 Å². The van der Waals surface area contributed by atoms with E-state index in [4.69, 9.17) is 4.74 Å². The predicted octanol–water partition coefficient (Wildman–Crippen LogP) is 5.08. The highest BCUT2D eigenvalue weighted by molar-refractivity contribution is 7.88. The van der Waals surface area contributed by atoms with Gasteiger partial charge >= 0.3 is 6.09 Å². The molecule has 3 aromatic carbocycles. The number of amides is 3. The second-order valence-electron chi connectivity index (χ2n) is 13.9. The molecule has 0 heterocycles. The van der Waals surface area contributed by atoms with Crippen LogP contribution in [-0.4, -0.2) is 86.2 Å². The van der Waals surface area contributed by atoms with Gasteiger partial charge in [-0.05, 0) is 75.4 Å². The second kappa shape index (κ2) is 16.3. The predicted molar refractivity (Wildman–Crippen MR) is 191 cm³/mol. The van der Waals surface area contributed by atoms with Gasteiger partial charge in [-0.3, -0.25) is 9.59 Å². The quantitative estimate of drug-likeness (QED) is 0.229. The van der Waals surface area contributed by atoms with Gasteiger partial charge in [0.15, 0.2) is 0 Å². The van der Waals surface area contributed by atoms with E-state index in [1.165, 1.54) is 15.9 Å². The molecule has 3 rings (SSSR count). The number of sulfonamides is 1. The first-order valence-electron chi connectivity index (χ1n) is 16.0. The van der Waals surface area contributed by atoms with Gasteiger partial charge in [-0.25, -0.2) is 17.9 Å². The van der Waals surface area contributed by atoms with Crippen molar-refractivity contribution in [3.63, 3.8) is 0 Å². The Bertz CT molecular complexity index is 1700. The van der Waals surface area contributed by atoms with Crippen LogP contribution in [0.4, 0.5) is 4.79 Å². The summed E-state index contributed by atoms with van der Waals surface area (Å²) in [5.74, 6) is -0.708. The van der Waals surface area contributed by atoms with E-state index in [9.17, 15) is 22.8 Å². The molecule has 0 fully saturated rings. The third-order valence-corrected chi connectivity index (χ3v) is 8.55. The van der Waals surface area contributed by atoms with Gasteiger partial charge in [-0.15, -0.1) is 0 Å². The topological polar surface area (TPSA) is 125 Å². The van der Waals surface area contributed by atoms with Crippen LogP contribution in [0.2, 0.25) is 0 Å². The summed E-state index contributed by atoms with van der Waals surface area (Å²) in [6, 6.07) is 22.0. The molecule has 0 spiro atoms. The SMILES string of the molecule is CN(C(=O)C(Cc1ccc2ccccc2c1)N(C)C(=O)C=CCC(C)(C)NC(=O)OC(C)(C)C)C(CNS(C)(=O)=O)Cc1ccccc1. The highest BCUT2D eigenvalue weighted by atomic mass is 32.2. The molecular formula is C37H50N4O6S. The van der Waals surface area contributed by atoms with Crippen molar-refractivity contribution in [1.82, 2.24) is 19.8 Å². The van der Waals surface area contributed by atoms with Crippen molar-refractivity contribution in [3.05, 3.63) is 96.1 Å². The number of likely N-dealkylation sites (N-methyl/N-ethyl adjacent to an activating group) is 2. The number of hydrogen-bond acceptors (Lipinski definition) is 6. The summed E-state index contributed by atoms with van der Waals surface area (Å²) in [5.41, 5.74) is 0.476. The Balaban J connectivity index is 1.88. The van der Waals surface area contributed by atoms with Crippen LogP contribution >= 0.6 is 0 Å². The molecule has 0 bridgehead atoms. The fraction of sp³-hybridized carbons (Fsp3) is 0.432. The molecule has 10 nitrogen and oxygen atoms in total. The van der Waals surface area contributed by atoms with Crippen molar-refractivity contribution in [2.24, 2.45) is 0 Å². The number of carbonyl (C=O) groups is 3. The van der Waals surface area contributed by atoms with E-state index in [0.717, 1.165) is 28.2 Å². The zero-order valence-electron chi connectivity index (χ0n) is 29.3. The summed E-state index contributed by atoms with van der Waals surface area (Å²) in [6.45, 7) is 9.02. The molecule has 0 saturated carbocycles. The fourth-order valence-corrected chi connectivity index (χ4v) is 5.73. The normalized spacial score (nSPS) is 13.6. The maximum atomic E-state index is 14.4. The number of carbonyl (C=O) groups excluding carboxylic acids is 3. The number of nitrogens with one attached hydrogen (secondary N) is 2. The van der Waals surface area contributed by atoms with Crippen molar-refractivity contribution in [3.8, 4) is 0 Å². The molecule has 0 aliphatic heterocycles. The Morgan fingerprint density at radius 1 is 0.833 bits per heavy atom. The first-order chi connectivity index (χ1) is 22.3. The number of benzene rings is 3. The van der Waals surface area contributed by atoms with Gasteiger partial charge in [-0.2, -0.15) is 0 Å². The van der Waals surface area contributed by atoms with Gasteiger partial charge in [0.25, 0.3) is 0 Å². The molecular weight excluding hydrogens is 628 g/mol. The number of alkyl carbamates (subject to hydrolysis) is 1. The minimum Gasteiger partial charge on any atom is -0.444 e. The van der Waals surface area contributed by atoms with Crippen LogP contribution in [-0.2, 0) is 37.2 Å². The van der Waals surface area contributed by atoms with Crippen LogP contribution in [0.15, 0.2) is 84.9 Å². The Morgan fingerprint density at radius 2 is 1.46 bits per heavy atom. The van der Waals surface area contributed by atoms with E-state index in [2.05, 4.69) is 10.0 Å². The van der Waals surface area contributed by atoms with Crippen LogP contribution in [0.25, 0.3) is 10.8 Å². The van der Waals surface area contributed by atoms with Gasteiger partial charge in [0.2, 0.25) is 21.8 Å². The maximum absolute atomic E-state index is 14.4. The average Bonchev–Trinajstić information content (AvgIpc) is 2.99. The summed E-state index contributed by atoms with van der Waals surface area (Å²) in [6.07, 6.45) is 4.60. The first kappa shape index (κ1) is 38.2. The standard InChI is InChI=1S/C37H50N4O6S/c1-36(2,3)47-35(44)39-37(4,5)22-14-19-33(42)41(7)32(25-28-20-21-29-17-12-13-18-30(29)23-28)34(43)40(6)31(26-38-48(8,45)46)24-27-15-10-9-11-16-27/h9-21,23,31-32,38H,22,24-26H2,1-8H3,(H,39,44). The summed E-state index contributed by atoms with van der Waals surface area (Å²) in [7, 11) is -0.287. The molecule has 3 aromatic rings. The number of hydrogen-bond donors (Lipinski definition) is 2. The molecule has 2 atom stereocenters. The van der Waals surface area contributed by atoms with E-state index >= 15 is 0 Å². The molecule has 2 unspecified atom stereocenters. The molecule has 0 aliphatic carbocycles. The van der Waals surface area contributed by atoms with Gasteiger partial charge < -0.3 is 19.9 Å². The van der Waals surface area contributed by atoms with E-state index < -0.39 is 39.3 Å². The van der Waals surface area contributed by atoms with Crippen molar-refractivity contribution < 1.29 is 27.5 Å². The molecule has 0 radical (unpaired) electrons. The van der Waals surface area contributed by atoms with Gasteiger partial charge in [0, 0.05) is 38.6 Å². The van der Waals surface area contributed by atoms with E-state index in [-0.39, 0.29) is 24.8 Å². The van der Waals surface area contributed by atoms with Crippen LogP contribution < -0.4 is 10.0 Å². The van der Waals surface area contributed by atoms with Gasteiger partial charge in [0.1, 0.15) is 11.6 Å². The molecule has 11 heteroatoms. The number of ether oxygens (including phenoxy) is 1. The lowest BCUT2D eigenvalue weighted by molar-refractivity contribution is -0.142. The Hall–Kier alpha value is -4.22. The lowest BCUT2D eigenvalue weighted by Crippen LogP contribution is -2.54. The summed E-state index contributed by atoms with van der Waals surface area (Å²) >= 11 is 0. The first-order valence-corrected chi connectivity index (χ1v) is 17.9. The largest absolute Gasteiger partial charge is 0.444 e. The minimum absolute atomic E-state index is 0.00988. The lowest BCUT2D eigenvalue weighted by Gasteiger charge is -2.35. The zero-order valence-corrected chi connectivity index (χ0v) is 30.1. The number of nitrogens with zero attached hydrogens (tertiary/aromatic N) is 2. The fourth-order valence-electron chi connectivity index (χ4n) is 5.23. The molecule has 0 aliphatic rings. The smallest absolute Gasteiger partial charge is 0.408 e. The van der Waals surface area contributed by atoms with Crippen LogP contribution in [0.5, 0.6) is 0 Å². The summed E-state index contributed by atoms with van der Waals surface area (Å²) < 4.78 is 32.0. The molecule has 260 valence electrons. The van der Waals surface area contributed by atoms with Crippen molar-refractivity contribution in [2.45, 2.75) is 77.1 Å². The van der Waals surface area contributed by atoms with Crippen molar-refractivity contribution >= 4 is 38.7 Å². The van der Waals surface area contributed by atoms with Crippen LogP contribution in [0.1, 0.15) is 52.2 Å². The number of fused-ring (bicyclic) bond motifs is 1. The minimum atomic E-state index is -3.53. The van der Waals surface area contributed by atoms with E-state index in [0.29, 0.717) is 12.8 Å². The van der Waals surface area contributed by atoms with Crippen molar-refractivity contribution in [1.29, 1.82) is 0 Å². The summed E-state index contributed by atoms with van der Waals surface area (Å²) in [4.78, 5) is 43.2. The molecule has 2 N–H and O–H groups in total. The molecule has 0 saturated heterocycles. The maximum Gasteiger partial charge on any atom is 0.408 e. The molecule has 48 heavy (non-hydrogen) atoms. The van der Waals surface area contributed by atoms with Gasteiger partial charge in [0.05, 0.1) is 6.26 Å². The highest BCUT2D eigenvalue weighted by Crippen LogP contribution is 2.20. The monoisotopic (exact) mass is 678 g/mol. The van der Waals surface area contributed by atoms with E-state index in [1.54, 1.807) is 40.9 Å². The molecule has 3 amide bonds. The number of rotatable bonds is 14. The third-order valence-electron chi connectivity index (χ3n) is 7.86. The zero-order chi connectivity index (χ0) is 35.7. The Kier molecular flexibility index (Phi) is 12.9.